The molecule has 1 atom stereocenters. The Balaban J connectivity index is 1.91. The van der Waals surface area contributed by atoms with Crippen LogP contribution >= 0.6 is 0 Å². The van der Waals surface area contributed by atoms with E-state index in [0.717, 1.165) is 33.5 Å². The number of benzene rings is 3. The quantitative estimate of drug-likeness (QED) is 0.453. The van der Waals surface area contributed by atoms with Crippen molar-refractivity contribution in [1.82, 2.24) is 0 Å². The monoisotopic (exact) mass is 487 g/mol. The van der Waals surface area contributed by atoms with E-state index in [1.165, 1.54) is 0 Å². The Bertz CT molecular complexity index is 1300. The number of aryl methyl sites for hydroxylation is 2. The third-order valence-corrected chi connectivity index (χ3v) is 6.39. The zero-order valence-electron chi connectivity index (χ0n) is 21.7. The molecule has 0 aliphatic carbocycles. The number of carbonyl (C=O) groups is 2. The number of carboxylic acids is 1. The standard InChI is InChI=1S/C30H33NO5/c1-18-10-12-20(13-11-18)26-23-14-15-31(28(32)21-8-7-9-22(17-21)35-6)24(23)16-19(2)25(26)27(29(33)34)36-30(3,4)5/h7-13,16-17,27H,14-15H2,1-6H3,(H,33,34). The number of fused-ring (bicyclic) bond motifs is 1. The highest BCUT2D eigenvalue weighted by Crippen LogP contribution is 2.45. The Hall–Kier alpha value is -3.64. The van der Waals surface area contributed by atoms with Gasteiger partial charge >= 0.3 is 5.97 Å². The minimum atomic E-state index is -1.14. The summed E-state index contributed by atoms with van der Waals surface area (Å²) in [5.74, 6) is -0.533. The Kier molecular flexibility index (Phi) is 6.92. The van der Waals surface area contributed by atoms with Gasteiger partial charge in [0.15, 0.2) is 6.10 Å². The number of aliphatic carboxylic acids is 1. The number of anilines is 1. The SMILES string of the molecule is COc1cccc(C(=O)N2CCc3c2cc(C)c(C(OC(C)(C)C)C(=O)O)c3-c2ccc(C)cc2)c1. The Morgan fingerprint density at radius 1 is 1.03 bits per heavy atom. The van der Waals surface area contributed by atoms with Crippen LogP contribution in [0.3, 0.4) is 0 Å². The highest BCUT2D eigenvalue weighted by atomic mass is 16.5. The Morgan fingerprint density at radius 3 is 2.33 bits per heavy atom. The molecule has 1 unspecified atom stereocenters. The van der Waals surface area contributed by atoms with E-state index in [4.69, 9.17) is 9.47 Å². The lowest BCUT2D eigenvalue weighted by atomic mass is 9.86. The zero-order valence-corrected chi connectivity index (χ0v) is 21.7. The van der Waals surface area contributed by atoms with Crippen LogP contribution in [0, 0.1) is 13.8 Å². The Morgan fingerprint density at radius 2 is 1.72 bits per heavy atom. The second-order valence-corrected chi connectivity index (χ2v) is 10.2. The number of hydrogen-bond donors (Lipinski definition) is 1. The molecule has 4 rings (SSSR count). The van der Waals surface area contributed by atoms with Gasteiger partial charge in [0.2, 0.25) is 0 Å². The summed E-state index contributed by atoms with van der Waals surface area (Å²) in [6, 6.07) is 17.1. The molecule has 1 aliphatic rings. The first-order chi connectivity index (χ1) is 17.0. The summed E-state index contributed by atoms with van der Waals surface area (Å²) >= 11 is 0. The van der Waals surface area contributed by atoms with Crippen molar-refractivity contribution in [3.05, 3.63) is 82.4 Å². The number of ether oxygens (including phenoxy) is 2. The zero-order chi connectivity index (χ0) is 26.2. The normalized spacial score (nSPS) is 13.9. The number of hydrogen-bond acceptors (Lipinski definition) is 4. The number of methoxy groups -OCH3 is 1. The van der Waals surface area contributed by atoms with Gasteiger partial charge in [-0.25, -0.2) is 4.79 Å². The second-order valence-electron chi connectivity index (χ2n) is 10.2. The van der Waals surface area contributed by atoms with Crippen LogP contribution in [0.25, 0.3) is 11.1 Å². The molecule has 1 amide bonds. The summed E-state index contributed by atoms with van der Waals surface area (Å²) in [6.07, 6.45) is -0.529. The first-order valence-corrected chi connectivity index (χ1v) is 12.1. The predicted molar refractivity (Wildman–Crippen MR) is 141 cm³/mol. The van der Waals surface area contributed by atoms with E-state index in [0.29, 0.717) is 29.8 Å². The van der Waals surface area contributed by atoms with Gasteiger partial charge in [0.25, 0.3) is 5.91 Å². The smallest absolute Gasteiger partial charge is 0.337 e. The number of rotatable bonds is 6. The third kappa shape index (κ3) is 5.00. The molecule has 0 bridgehead atoms. The molecule has 1 N–H and O–H groups in total. The molecule has 0 saturated heterocycles. The van der Waals surface area contributed by atoms with Gasteiger partial charge in [0.1, 0.15) is 5.75 Å². The molecule has 0 saturated carbocycles. The number of carboxylic acid groups (broad SMARTS) is 1. The third-order valence-electron chi connectivity index (χ3n) is 6.39. The lowest BCUT2D eigenvalue weighted by molar-refractivity contribution is -0.160. The van der Waals surface area contributed by atoms with Crippen molar-refractivity contribution in [3.8, 4) is 16.9 Å². The van der Waals surface area contributed by atoms with Crippen LogP contribution in [-0.4, -0.2) is 36.2 Å². The first-order valence-electron chi connectivity index (χ1n) is 12.1. The van der Waals surface area contributed by atoms with Crippen molar-refractivity contribution in [2.24, 2.45) is 0 Å². The van der Waals surface area contributed by atoms with Crippen molar-refractivity contribution in [2.45, 2.75) is 52.7 Å². The van der Waals surface area contributed by atoms with Gasteiger partial charge in [-0.05, 0) is 87.6 Å². The van der Waals surface area contributed by atoms with E-state index < -0.39 is 17.7 Å². The van der Waals surface area contributed by atoms with Gasteiger partial charge < -0.3 is 19.5 Å². The van der Waals surface area contributed by atoms with Crippen LogP contribution in [-0.2, 0) is 16.0 Å². The number of amides is 1. The summed E-state index contributed by atoms with van der Waals surface area (Å²) in [5, 5.41) is 10.2. The maximum absolute atomic E-state index is 13.5. The van der Waals surface area contributed by atoms with Crippen LogP contribution in [0.2, 0.25) is 0 Å². The molecule has 36 heavy (non-hydrogen) atoms. The molecule has 6 heteroatoms. The van der Waals surface area contributed by atoms with E-state index in [2.05, 4.69) is 0 Å². The van der Waals surface area contributed by atoms with Crippen LogP contribution in [0.1, 0.15) is 59.5 Å². The largest absolute Gasteiger partial charge is 0.497 e. The first kappa shape index (κ1) is 25.5. The van der Waals surface area contributed by atoms with E-state index in [-0.39, 0.29) is 5.91 Å². The molecule has 3 aromatic carbocycles. The van der Waals surface area contributed by atoms with Crippen LogP contribution in [0.15, 0.2) is 54.6 Å². The van der Waals surface area contributed by atoms with Crippen LogP contribution < -0.4 is 9.64 Å². The van der Waals surface area contributed by atoms with E-state index in [1.54, 1.807) is 30.2 Å². The van der Waals surface area contributed by atoms with E-state index >= 15 is 0 Å². The van der Waals surface area contributed by atoms with E-state index in [1.807, 2.05) is 71.0 Å². The van der Waals surface area contributed by atoms with Crippen molar-refractivity contribution in [1.29, 1.82) is 0 Å². The highest BCUT2D eigenvalue weighted by molar-refractivity contribution is 6.08. The molecule has 0 aromatic heterocycles. The summed E-state index contributed by atoms with van der Waals surface area (Å²) in [7, 11) is 1.58. The topological polar surface area (TPSA) is 76.1 Å². The molecule has 6 nitrogen and oxygen atoms in total. The fourth-order valence-electron chi connectivity index (χ4n) is 4.79. The van der Waals surface area contributed by atoms with Crippen LogP contribution in [0.5, 0.6) is 5.75 Å². The number of nitrogens with zero attached hydrogens (tertiary/aromatic N) is 1. The molecular weight excluding hydrogens is 454 g/mol. The predicted octanol–water partition coefficient (Wildman–Crippen LogP) is 6.12. The fraction of sp³-hybridized carbons (Fsp3) is 0.333. The summed E-state index contributed by atoms with van der Waals surface area (Å²) in [6.45, 7) is 9.97. The maximum atomic E-state index is 13.5. The molecule has 188 valence electrons. The summed E-state index contributed by atoms with van der Waals surface area (Å²) in [4.78, 5) is 27.8. The lowest BCUT2D eigenvalue weighted by Gasteiger charge is -2.29. The van der Waals surface area contributed by atoms with Gasteiger partial charge in [0.05, 0.1) is 12.7 Å². The second kappa shape index (κ2) is 9.78. The summed E-state index contributed by atoms with van der Waals surface area (Å²) in [5.41, 5.74) is 5.91. The van der Waals surface area contributed by atoms with Gasteiger partial charge in [-0.3, -0.25) is 4.79 Å². The molecule has 1 aliphatic heterocycles. The van der Waals surface area contributed by atoms with Gasteiger partial charge in [-0.15, -0.1) is 0 Å². The minimum Gasteiger partial charge on any atom is -0.497 e. The fourth-order valence-corrected chi connectivity index (χ4v) is 4.79. The van der Waals surface area contributed by atoms with Gasteiger partial charge in [0, 0.05) is 23.4 Å². The van der Waals surface area contributed by atoms with Crippen LogP contribution in [0.4, 0.5) is 5.69 Å². The molecule has 3 aromatic rings. The average Bonchev–Trinajstić information content (AvgIpc) is 3.24. The lowest BCUT2D eigenvalue weighted by Crippen LogP contribution is -2.29. The van der Waals surface area contributed by atoms with Gasteiger partial charge in [-0.2, -0.15) is 0 Å². The highest BCUT2D eigenvalue weighted by Gasteiger charge is 2.36. The van der Waals surface area contributed by atoms with E-state index in [9.17, 15) is 14.7 Å². The molecule has 0 radical (unpaired) electrons. The molecule has 0 fully saturated rings. The van der Waals surface area contributed by atoms with Gasteiger partial charge in [-0.1, -0.05) is 35.9 Å². The van der Waals surface area contributed by atoms with Crippen molar-refractivity contribution < 1.29 is 24.2 Å². The molecule has 0 spiro atoms. The average molecular weight is 488 g/mol. The maximum Gasteiger partial charge on any atom is 0.337 e. The van der Waals surface area contributed by atoms with Crippen molar-refractivity contribution in [2.75, 3.05) is 18.6 Å². The molecule has 1 heterocycles. The van der Waals surface area contributed by atoms with Crippen molar-refractivity contribution >= 4 is 17.6 Å². The Labute approximate surface area is 212 Å². The number of carbonyl (C=O) groups excluding carboxylic acids is 1. The molecular formula is C30H33NO5. The van der Waals surface area contributed by atoms with Crippen molar-refractivity contribution in [3.63, 3.8) is 0 Å². The minimum absolute atomic E-state index is 0.115. The summed E-state index contributed by atoms with van der Waals surface area (Å²) < 4.78 is 11.4.